The molecule has 2 aromatic rings. The summed E-state index contributed by atoms with van der Waals surface area (Å²) in [4.78, 5) is 26.7. The third-order valence-corrected chi connectivity index (χ3v) is 7.10. The number of ether oxygens (including phenoxy) is 2. The van der Waals surface area contributed by atoms with Gasteiger partial charge in [-0.25, -0.2) is 4.79 Å². The fraction of sp³-hybridized carbons (Fsp3) is 0.308. The Labute approximate surface area is 206 Å². The van der Waals surface area contributed by atoms with E-state index in [1.54, 1.807) is 7.11 Å². The summed E-state index contributed by atoms with van der Waals surface area (Å²) in [5.41, 5.74) is 4.58. The number of nitrogens with one attached hydrogen (secondary N) is 1. The number of halogens is 2. The lowest BCUT2D eigenvalue weighted by atomic mass is 9.72. The van der Waals surface area contributed by atoms with E-state index in [9.17, 15) is 9.59 Å². The molecule has 1 aliphatic carbocycles. The van der Waals surface area contributed by atoms with Gasteiger partial charge in [0, 0.05) is 45.9 Å². The van der Waals surface area contributed by atoms with Crippen molar-refractivity contribution < 1.29 is 19.1 Å². The highest BCUT2D eigenvalue weighted by Gasteiger charge is 2.42. The van der Waals surface area contributed by atoms with Gasteiger partial charge in [-0.1, -0.05) is 57.9 Å². The van der Waals surface area contributed by atoms with Crippen molar-refractivity contribution in [3.63, 3.8) is 0 Å². The Morgan fingerprint density at radius 1 is 1.12 bits per heavy atom. The topological polar surface area (TPSA) is 64.6 Å². The van der Waals surface area contributed by atoms with Gasteiger partial charge in [0.1, 0.15) is 6.61 Å². The molecular formula is C26H25BrClNO4. The van der Waals surface area contributed by atoms with E-state index in [2.05, 4.69) is 21.2 Å². The van der Waals surface area contributed by atoms with Gasteiger partial charge in [0.05, 0.1) is 12.2 Å². The summed E-state index contributed by atoms with van der Waals surface area (Å²) < 4.78 is 11.3. The number of benzene rings is 2. The fourth-order valence-corrected chi connectivity index (χ4v) is 5.24. The van der Waals surface area contributed by atoms with E-state index >= 15 is 0 Å². The molecule has 0 spiro atoms. The Morgan fingerprint density at radius 2 is 1.85 bits per heavy atom. The molecule has 0 radical (unpaired) electrons. The Hall–Kier alpha value is -2.41. The van der Waals surface area contributed by atoms with Crippen molar-refractivity contribution in [3.05, 3.63) is 91.7 Å². The number of methoxy groups -OCH3 is 1. The molecule has 0 aromatic heterocycles. The van der Waals surface area contributed by atoms with Gasteiger partial charge in [-0.05, 0) is 48.6 Å². The van der Waals surface area contributed by atoms with Crippen LogP contribution in [0.5, 0.6) is 0 Å². The maximum Gasteiger partial charge on any atom is 0.336 e. The van der Waals surface area contributed by atoms with Gasteiger partial charge in [0.15, 0.2) is 5.78 Å². The summed E-state index contributed by atoms with van der Waals surface area (Å²) in [5.74, 6) is -0.884. The summed E-state index contributed by atoms with van der Waals surface area (Å²) in [6.45, 7) is 2.31. The summed E-state index contributed by atoms with van der Waals surface area (Å²) in [7, 11) is 1.55. The minimum absolute atomic E-state index is 0.0270. The van der Waals surface area contributed by atoms with Gasteiger partial charge in [-0.2, -0.15) is 0 Å². The SMILES string of the molecule is COCCOC(=O)C1=C(C)NC2=C(C(=O)C[C@@H](c3ccc(Cl)cc3)C2)[C@@H]1c1ccccc1Br. The molecule has 2 atom stereocenters. The van der Waals surface area contributed by atoms with E-state index in [1.165, 1.54) is 0 Å². The first-order chi connectivity index (χ1) is 15.9. The average molecular weight is 531 g/mol. The molecule has 2 aromatic carbocycles. The lowest BCUT2D eigenvalue weighted by Gasteiger charge is -2.37. The van der Waals surface area contributed by atoms with Crippen LogP contribution in [-0.4, -0.2) is 32.1 Å². The summed E-state index contributed by atoms with van der Waals surface area (Å²) >= 11 is 9.67. The van der Waals surface area contributed by atoms with Crippen LogP contribution in [0, 0.1) is 0 Å². The third-order valence-electron chi connectivity index (χ3n) is 6.13. The van der Waals surface area contributed by atoms with E-state index in [1.807, 2.05) is 55.5 Å². The largest absolute Gasteiger partial charge is 0.460 e. The number of allylic oxidation sites excluding steroid dienone is 3. The van der Waals surface area contributed by atoms with Gasteiger partial charge < -0.3 is 14.8 Å². The Kier molecular flexibility index (Phi) is 7.37. The van der Waals surface area contributed by atoms with E-state index in [0.717, 1.165) is 21.3 Å². The molecule has 33 heavy (non-hydrogen) atoms. The summed E-state index contributed by atoms with van der Waals surface area (Å²) in [6.07, 6.45) is 1.04. The first kappa shape index (κ1) is 23.7. The first-order valence-electron chi connectivity index (χ1n) is 10.8. The molecule has 0 amide bonds. The number of hydrogen-bond acceptors (Lipinski definition) is 5. The molecule has 0 fully saturated rings. The number of hydrogen-bond donors (Lipinski definition) is 1. The van der Waals surface area contributed by atoms with Crippen LogP contribution in [0.3, 0.4) is 0 Å². The molecule has 1 N–H and O–H groups in total. The van der Waals surface area contributed by atoms with Crippen molar-refractivity contribution in [2.75, 3.05) is 20.3 Å². The van der Waals surface area contributed by atoms with Crippen LogP contribution < -0.4 is 5.32 Å². The van der Waals surface area contributed by atoms with Crippen molar-refractivity contribution in [1.29, 1.82) is 0 Å². The van der Waals surface area contributed by atoms with Crippen LogP contribution in [0.15, 0.2) is 75.5 Å². The van der Waals surface area contributed by atoms with Gasteiger partial charge in [-0.15, -0.1) is 0 Å². The molecule has 0 unspecified atom stereocenters. The molecule has 172 valence electrons. The minimum atomic E-state index is -0.509. The number of carbonyl (C=O) groups excluding carboxylic acids is 2. The van der Waals surface area contributed by atoms with Crippen LogP contribution >= 0.6 is 27.5 Å². The Bertz CT molecular complexity index is 1140. The van der Waals surface area contributed by atoms with Crippen LogP contribution in [0.25, 0.3) is 0 Å². The highest BCUT2D eigenvalue weighted by Crippen LogP contribution is 2.47. The van der Waals surface area contributed by atoms with Crippen molar-refractivity contribution in [3.8, 4) is 0 Å². The fourth-order valence-electron chi connectivity index (χ4n) is 4.60. The molecule has 1 heterocycles. The predicted molar refractivity (Wildman–Crippen MR) is 131 cm³/mol. The second-order valence-corrected chi connectivity index (χ2v) is 9.51. The lowest BCUT2D eigenvalue weighted by molar-refractivity contribution is -0.140. The monoisotopic (exact) mass is 529 g/mol. The minimum Gasteiger partial charge on any atom is -0.460 e. The van der Waals surface area contributed by atoms with Crippen molar-refractivity contribution in [2.45, 2.75) is 31.6 Å². The zero-order valence-electron chi connectivity index (χ0n) is 18.5. The second kappa shape index (κ2) is 10.2. The lowest BCUT2D eigenvalue weighted by Crippen LogP contribution is -2.36. The van der Waals surface area contributed by atoms with Gasteiger partial charge in [0.25, 0.3) is 0 Å². The van der Waals surface area contributed by atoms with Gasteiger partial charge in [-0.3, -0.25) is 4.79 Å². The first-order valence-corrected chi connectivity index (χ1v) is 12.0. The molecular weight excluding hydrogens is 506 g/mol. The quantitative estimate of drug-likeness (QED) is 0.386. The van der Waals surface area contributed by atoms with Crippen molar-refractivity contribution in [2.24, 2.45) is 0 Å². The number of Topliss-reactive ketones (excluding diaryl/α,β-unsaturated/α-hetero) is 1. The second-order valence-electron chi connectivity index (χ2n) is 8.22. The number of dihydropyridines is 1. The van der Waals surface area contributed by atoms with Crippen LogP contribution in [0.1, 0.15) is 42.7 Å². The Balaban J connectivity index is 1.76. The molecule has 5 nitrogen and oxygen atoms in total. The van der Waals surface area contributed by atoms with Crippen LogP contribution in [-0.2, 0) is 19.1 Å². The third kappa shape index (κ3) is 4.93. The standard InChI is InChI=1S/C26H25BrClNO4/c1-15-23(26(31)33-12-11-32-2)24(19-5-3-4-6-20(19)27)25-21(29-15)13-17(14-22(25)30)16-7-9-18(28)10-8-16/h3-10,17,24,29H,11-14H2,1-2H3/t17-,24+/m0/s1. The number of carbonyl (C=O) groups is 2. The summed E-state index contributed by atoms with van der Waals surface area (Å²) in [5, 5.41) is 4.03. The summed E-state index contributed by atoms with van der Waals surface area (Å²) in [6, 6.07) is 15.3. The van der Waals surface area contributed by atoms with E-state index < -0.39 is 11.9 Å². The average Bonchev–Trinajstić information content (AvgIpc) is 2.79. The molecule has 7 heteroatoms. The van der Waals surface area contributed by atoms with E-state index in [0.29, 0.717) is 41.3 Å². The number of rotatable bonds is 6. The highest BCUT2D eigenvalue weighted by molar-refractivity contribution is 9.10. The van der Waals surface area contributed by atoms with E-state index in [4.69, 9.17) is 21.1 Å². The van der Waals surface area contributed by atoms with E-state index in [-0.39, 0.29) is 18.3 Å². The molecule has 4 rings (SSSR count). The predicted octanol–water partition coefficient (Wildman–Crippen LogP) is 5.65. The van der Waals surface area contributed by atoms with Crippen LogP contribution in [0.2, 0.25) is 5.02 Å². The molecule has 2 aliphatic rings. The number of esters is 1. The normalized spacial score (nSPS) is 20.4. The molecule has 1 aliphatic heterocycles. The smallest absolute Gasteiger partial charge is 0.336 e. The highest BCUT2D eigenvalue weighted by atomic mass is 79.9. The van der Waals surface area contributed by atoms with Gasteiger partial charge in [0.2, 0.25) is 0 Å². The maximum atomic E-state index is 13.6. The van der Waals surface area contributed by atoms with Crippen LogP contribution in [0.4, 0.5) is 0 Å². The maximum absolute atomic E-state index is 13.6. The van der Waals surface area contributed by atoms with Gasteiger partial charge >= 0.3 is 5.97 Å². The Morgan fingerprint density at radius 3 is 2.55 bits per heavy atom. The van der Waals surface area contributed by atoms with Crippen molar-refractivity contribution in [1.82, 2.24) is 5.32 Å². The molecule has 0 saturated heterocycles. The zero-order chi connectivity index (χ0) is 23.5. The number of ketones is 1. The zero-order valence-corrected chi connectivity index (χ0v) is 20.8. The molecule has 0 bridgehead atoms. The molecule has 0 saturated carbocycles. The van der Waals surface area contributed by atoms with Crippen molar-refractivity contribution >= 4 is 39.3 Å².